The smallest absolute Gasteiger partial charge is 0.159 e. The van der Waals surface area contributed by atoms with Crippen LogP contribution < -0.4 is 4.90 Å². The van der Waals surface area contributed by atoms with E-state index in [4.69, 9.17) is 4.98 Å². The SMILES string of the molecule is CC1(C)C2=C(C=CC(N(C3=CC=CCC3)c3ccc(-c4ncc5ccccc5n4)cc3)C2)c2cc3ccccc3cc21. The lowest BCUT2D eigenvalue weighted by Crippen LogP contribution is -2.36. The summed E-state index contributed by atoms with van der Waals surface area (Å²) in [6, 6.07) is 30.8. The number of benzene rings is 4. The molecule has 1 atom stereocenters. The van der Waals surface area contributed by atoms with Crippen molar-refractivity contribution in [3.63, 3.8) is 0 Å². The zero-order valence-electron chi connectivity index (χ0n) is 24.1. The average Bonchev–Trinajstić information content (AvgIpc) is 3.26. The van der Waals surface area contributed by atoms with E-state index in [1.54, 1.807) is 5.57 Å². The van der Waals surface area contributed by atoms with Crippen molar-refractivity contribution in [1.29, 1.82) is 0 Å². The second-order valence-corrected chi connectivity index (χ2v) is 12.2. The van der Waals surface area contributed by atoms with Crippen molar-refractivity contribution >= 4 is 32.9 Å². The molecule has 0 spiro atoms. The predicted octanol–water partition coefficient (Wildman–Crippen LogP) is 9.56. The third kappa shape index (κ3) is 4.03. The van der Waals surface area contributed by atoms with E-state index in [1.165, 1.54) is 38.9 Å². The monoisotopic (exact) mass is 543 g/mol. The van der Waals surface area contributed by atoms with Crippen molar-refractivity contribution in [2.24, 2.45) is 0 Å². The van der Waals surface area contributed by atoms with Crippen LogP contribution in [0.2, 0.25) is 0 Å². The van der Waals surface area contributed by atoms with Crippen LogP contribution in [0.5, 0.6) is 0 Å². The molecule has 0 saturated carbocycles. The summed E-state index contributed by atoms with van der Waals surface area (Å²) in [7, 11) is 0. The van der Waals surface area contributed by atoms with E-state index >= 15 is 0 Å². The number of nitrogens with zero attached hydrogens (tertiary/aromatic N) is 3. The van der Waals surface area contributed by atoms with Gasteiger partial charge in [0.05, 0.1) is 11.6 Å². The molecule has 0 radical (unpaired) electrons. The maximum absolute atomic E-state index is 4.83. The highest BCUT2D eigenvalue weighted by atomic mass is 15.2. The molecular weight excluding hydrogens is 510 g/mol. The van der Waals surface area contributed by atoms with Crippen LogP contribution in [-0.2, 0) is 5.41 Å². The van der Waals surface area contributed by atoms with Gasteiger partial charge in [0.15, 0.2) is 5.82 Å². The van der Waals surface area contributed by atoms with Crippen LogP contribution in [0, 0.1) is 0 Å². The molecule has 42 heavy (non-hydrogen) atoms. The van der Waals surface area contributed by atoms with E-state index in [0.717, 1.165) is 41.6 Å². The van der Waals surface area contributed by atoms with Gasteiger partial charge >= 0.3 is 0 Å². The molecule has 4 aromatic carbocycles. The number of hydrogen-bond donors (Lipinski definition) is 0. The third-order valence-electron chi connectivity index (χ3n) is 9.35. The van der Waals surface area contributed by atoms with Crippen LogP contribution in [0.15, 0.2) is 133 Å². The highest BCUT2D eigenvalue weighted by molar-refractivity contribution is 5.95. The Morgan fingerprint density at radius 3 is 2.40 bits per heavy atom. The molecule has 0 amide bonds. The highest BCUT2D eigenvalue weighted by Gasteiger charge is 2.40. The minimum atomic E-state index is -0.0124. The van der Waals surface area contributed by atoms with E-state index in [-0.39, 0.29) is 11.5 Å². The van der Waals surface area contributed by atoms with E-state index < -0.39 is 0 Å². The Hall–Kier alpha value is -4.76. The molecule has 3 nitrogen and oxygen atoms in total. The fourth-order valence-corrected chi connectivity index (χ4v) is 7.10. The largest absolute Gasteiger partial charge is 0.338 e. The molecule has 5 aromatic rings. The quantitative estimate of drug-likeness (QED) is 0.226. The molecule has 1 unspecified atom stereocenters. The van der Waals surface area contributed by atoms with Gasteiger partial charge in [-0.1, -0.05) is 80.6 Å². The maximum atomic E-state index is 4.83. The lowest BCUT2D eigenvalue weighted by Gasteiger charge is -2.38. The summed E-state index contributed by atoms with van der Waals surface area (Å²) in [5, 5.41) is 3.69. The molecule has 0 bridgehead atoms. The maximum Gasteiger partial charge on any atom is 0.159 e. The number of hydrogen-bond acceptors (Lipinski definition) is 3. The first-order chi connectivity index (χ1) is 20.6. The zero-order valence-corrected chi connectivity index (χ0v) is 24.1. The fourth-order valence-electron chi connectivity index (χ4n) is 7.10. The average molecular weight is 544 g/mol. The first-order valence-electron chi connectivity index (χ1n) is 15.0. The lowest BCUT2D eigenvalue weighted by atomic mass is 9.77. The summed E-state index contributed by atoms with van der Waals surface area (Å²) in [5.74, 6) is 0.761. The van der Waals surface area contributed by atoms with Crippen molar-refractivity contribution in [2.45, 2.75) is 44.6 Å². The highest BCUT2D eigenvalue weighted by Crippen LogP contribution is 2.52. The minimum Gasteiger partial charge on any atom is -0.338 e. The lowest BCUT2D eigenvalue weighted by molar-refractivity contribution is 0.578. The zero-order chi connectivity index (χ0) is 28.3. The summed E-state index contributed by atoms with van der Waals surface area (Å²) in [6.45, 7) is 4.81. The first kappa shape index (κ1) is 25.0. The van der Waals surface area contributed by atoms with E-state index in [0.29, 0.717) is 0 Å². The number of rotatable bonds is 4. The van der Waals surface area contributed by atoms with Gasteiger partial charge in [0.25, 0.3) is 0 Å². The summed E-state index contributed by atoms with van der Waals surface area (Å²) in [6.07, 6.45) is 16.6. The van der Waals surface area contributed by atoms with Gasteiger partial charge < -0.3 is 4.90 Å². The molecule has 3 heteroatoms. The molecule has 0 N–H and O–H groups in total. The second kappa shape index (κ2) is 9.66. The minimum absolute atomic E-state index is 0.0124. The Kier molecular flexibility index (Phi) is 5.75. The van der Waals surface area contributed by atoms with E-state index in [1.807, 2.05) is 24.4 Å². The number of para-hydroxylation sites is 1. The predicted molar refractivity (Wildman–Crippen MR) is 175 cm³/mol. The normalized spacial score (nSPS) is 18.7. The van der Waals surface area contributed by atoms with Crippen LogP contribution in [-0.4, -0.2) is 16.0 Å². The van der Waals surface area contributed by atoms with Crippen molar-refractivity contribution in [1.82, 2.24) is 9.97 Å². The topological polar surface area (TPSA) is 29.0 Å². The fraction of sp³-hybridized carbons (Fsp3) is 0.179. The van der Waals surface area contributed by atoms with Gasteiger partial charge in [-0.25, -0.2) is 9.97 Å². The number of fused-ring (bicyclic) bond motifs is 4. The Bertz CT molecular complexity index is 1990. The number of allylic oxidation sites excluding steroid dienone is 6. The van der Waals surface area contributed by atoms with Crippen molar-refractivity contribution in [3.05, 3.63) is 144 Å². The second-order valence-electron chi connectivity index (χ2n) is 12.2. The summed E-state index contributed by atoms with van der Waals surface area (Å²) in [5.41, 5.74) is 10.4. The van der Waals surface area contributed by atoms with Gasteiger partial charge in [0, 0.05) is 33.9 Å². The molecule has 0 saturated heterocycles. The summed E-state index contributed by atoms with van der Waals surface area (Å²) >= 11 is 0. The van der Waals surface area contributed by atoms with Crippen LogP contribution >= 0.6 is 0 Å². The van der Waals surface area contributed by atoms with Gasteiger partial charge in [-0.05, 0) is 101 Å². The Morgan fingerprint density at radius 2 is 1.62 bits per heavy atom. The molecule has 204 valence electrons. The molecule has 1 aromatic heterocycles. The molecule has 0 fully saturated rings. The van der Waals surface area contributed by atoms with Crippen LogP contribution in [0.25, 0.3) is 38.6 Å². The molecule has 8 rings (SSSR count). The van der Waals surface area contributed by atoms with Crippen LogP contribution in [0.3, 0.4) is 0 Å². The van der Waals surface area contributed by atoms with E-state index in [2.05, 4.69) is 121 Å². The van der Waals surface area contributed by atoms with Crippen molar-refractivity contribution in [2.75, 3.05) is 4.90 Å². The van der Waals surface area contributed by atoms with Crippen molar-refractivity contribution < 1.29 is 0 Å². The first-order valence-corrected chi connectivity index (χ1v) is 15.0. The molecule has 3 aliphatic rings. The van der Waals surface area contributed by atoms with Crippen molar-refractivity contribution in [3.8, 4) is 11.4 Å². The summed E-state index contributed by atoms with van der Waals surface area (Å²) in [4.78, 5) is 12.1. The van der Waals surface area contributed by atoms with Crippen LogP contribution in [0.4, 0.5) is 5.69 Å². The number of aromatic nitrogens is 2. The molecule has 3 aliphatic carbocycles. The van der Waals surface area contributed by atoms with Gasteiger partial charge in [-0.15, -0.1) is 0 Å². The standard InChI is InChI=1S/C39H33N3/c1-39(2)35-23-28-11-7-6-10-27(28)22-34(35)33-21-20-32(24-36(33)39)42(30-13-4-3-5-14-30)31-18-16-26(17-19-31)38-40-25-29-12-8-9-15-37(29)41-38/h3-4,6-13,15-23,25,32H,5,14,24H2,1-2H3. The molecular formula is C39H33N3. The Morgan fingerprint density at radius 1 is 0.857 bits per heavy atom. The van der Waals surface area contributed by atoms with E-state index in [9.17, 15) is 0 Å². The molecule has 1 heterocycles. The van der Waals surface area contributed by atoms with Crippen LogP contribution in [0.1, 0.15) is 44.2 Å². The summed E-state index contributed by atoms with van der Waals surface area (Å²) < 4.78 is 0. The third-order valence-corrected chi connectivity index (χ3v) is 9.35. The Labute approximate surface area is 247 Å². The number of anilines is 1. The van der Waals surface area contributed by atoms with Gasteiger partial charge in [-0.3, -0.25) is 0 Å². The Balaban J connectivity index is 1.15. The van der Waals surface area contributed by atoms with Gasteiger partial charge in [0.2, 0.25) is 0 Å². The molecule has 0 aliphatic heterocycles. The van der Waals surface area contributed by atoms with Gasteiger partial charge in [-0.2, -0.15) is 0 Å². The van der Waals surface area contributed by atoms with Gasteiger partial charge in [0.1, 0.15) is 0 Å².